The van der Waals surface area contributed by atoms with Crippen molar-refractivity contribution in [1.29, 1.82) is 0 Å². The average molecular weight is 364 g/mol. The van der Waals surface area contributed by atoms with Crippen molar-refractivity contribution in [3.8, 4) is 5.75 Å². The number of rotatable bonds is 7. The van der Waals surface area contributed by atoms with Crippen molar-refractivity contribution in [3.63, 3.8) is 0 Å². The third-order valence-corrected chi connectivity index (χ3v) is 4.46. The van der Waals surface area contributed by atoms with Gasteiger partial charge in [-0.15, -0.1) is 0 Å². The number of benzene rings is 2. The highest BCUT2D eigenvalue weighted by atomic mass is 16.5. The molecule has 140 valence electrons. The standard InChI is InChI=1S/C21H24N4O2/c1-15(2)20(17-8-10-19(27-3)11-9-17)24-21(26)18-6-4-16(5-7-18)12-25-14-22-13-23-25/h4-11,13-15,20H,12H2,1-3H3,(H,24,26). The minimum atomic E-state index is -0.0863. The van der Waals surface area contributed by atoms with Gasteiger partial charge in [-0.1, -0.05) is 38.1 Å². The first-order chi connectivity index (χ1) is 13.1. The molecule has 0 saturated heterocycles. The van der Waals surface area contributed by atoms with Gasteiger partial charge in [0.1, 0.15) is 18.4 Å². The number of nitrogens with zero attached hydrogens (tertiary/aromatic N) is 3. The fourth-order valence-corrected chi connectivity index (χ4v) is 2.93. The van der Waals surface area contributed by atoms with Gasteiger partial charge in [-0.05, 0) is 41.3 Å². The third-order valence-electron chi connectivity index (χ3n) is 4.46. The van der Waals surface area contributed by atoms with E-state index in [0.29, 0.717) is 12.1 Å². The van der Waals surface area contributed by atoms with Crippen LogP contribution in [0, 0.1) is 5.92 Å². The minimum Gasteiger partial charge on any atom is -0.497 e. The summed E-state index contributed by atoms with van der Waals surface area (Å²) in [5.41, 5.74) is 2.76. The van der Waals surface area contributed by atoms with Crippen LogP contribution in [0.2, 0.25) is 0 Å². The second-order valence-electron chi connectivity index (χ2n) is 6.76. The van der Waals surface area contributed by atoms with Crippen molar-refractivity contribution in [2.24, 2.45) is 5.92 Å². The van der Waals surface area contributed by atoms with Gasteiger partial charge in [-0.25, -0.2) is 9.67 Å². The van der Waals surface area contributed by atoms with Crippen molar-refractivity contribution in [1.82, 2.24) is 20.1 Å². The summed E-state index contributed by atoms with van der Waals surface area (Å²) in [5, 5.41) is 7.24. The molecule has 6 heteroatoms. The molecule has 1 heterocycles. The average Bonchev–Trinajstić information content (AvgIpc) is 3.19. The summed E-state index contributed by atoms with van der Waals surface area (Å²) in [6, 6.07) is 15.3. The maximum absolute atomic E-state index is 12.7. The fraction of sp³-hybridized carbons (Fsp3) is 0.286. The molecule has 6 nitrogen and oxygen atoms in total. The largest absolute Gasteiger partial charge is 0.497 e. The van der Waals surface area contributed by atoms with E-state index in [9.17, 15) is 4.79 Å². The van der Waals surface area contributed by atoms with Crippen LogP contribution in [0.5, 0.6) is 5.75 Å². The molecular formula is C21H24N4O2. The van der Waals surface area contributed by atoms with Crippen LogP contribution in [0.25, 0.3) is 0 Å². The Bertz CT molecular complexity index is 856. The Labute approximate surface area is 159 Å². The molecule has 1 N–H and O–H groups in total. The van der Waals surface area contributed by atoms with E-state index < -0.39 is 0 Å². The lowest BCUT2D eigenvalue weighted by Gasteiger charge is -2.23. The highest BCUT2D eigenvalue weighted by Crippen LogP contribution is 2.24. The van der Waals surface area contributed by atoms with Crippen molar-refractivity contribution in [2.75, 3.05) is 7.11 Å². The third kappa shape index (κ3) is 4.73. The summed E-state index contributed by atoms with van der Waals surface area (Å²) < 4.78 is 6.95. The molecule has 3 rings (SSSR count). The molecule has 1 amide bonds. The molecule has 0 aliphatic carbocycles. The number of methoxy groups -OCH3 is 1. The normalized spacial score (nSPS) is 12.0. The van der Waals surface area contributed by atoms with Crippen molar-refractivity contribution >= 4 is 5.91 Å². The van der Waals surface area contributed by atoms with Crippen molar-refractivity contribution < 1.29 is 9.53 Å². The van der Waals surface area contributed by atoms with Gasteiger partial charge in [0, 0.05) is 5.56 Å². The van der Waals surface area contributed by atoms with E-state index in [2.05, 4.69) is 29.2 Å². The molecule has 0 spiro atoms. The molecule has 0 radical (unpaired) electrons. The number of amides is 1. The molecular weight excluding hydrogens is 340 g/mol. The highest BCUT2D eigenvalue weighted by Gasteiger charge is 2.19. The lowest BCUT2D eigenvalue weighted by Crippen LogP contribution is -2.31. The van der Waals surface area contributed by atoms with Crippen LogP contribution in [-0.4, -0.2) is 27.8 Å². The zero-order valence-corrected chi connectivity index (χ0v) is 15.8. The van der Waals surface area contributed by atoms with Gasteiger partial charge in [0.15, 0.2) is 0 Å². The molecule has 0 bridgehead atoms. The maximum Gasteiger partial charge on any atom is 0.251 e. The van der Waals surface area contributed by atoms with Crippen LogP contribution >= 0.6 is 0 Å². The van der Waals surface area contributed by atoms with Crippen LogP contribution in [0.3, 0.4) is 0 Å². The summed E-state index contributed by atoms with van der Waals surface area (Å²) >= 11 is 0. The Morgan fingerprint density at radius 2 is 1.81 bits per heavy atom. The zero-order valence-electron chi connectivity index (χ0n) is 15.8. The Morgan fingerprint density at radius 1 is 1.11 bits per heavy atom. The number of hydrogen-bond donors (Lipinski definition) is 1. The predicted molar refractivity (Wildman–Crippen MR) is 104 cm³/mol. The number of aromatic nitrogens is 3. The lowest BCUT2D eigenvalue weighted by molar-refractivity contribution is 0.0925. The molecule has 2 aromatic carbocycles. The Morgan fingerprint density at radius 3 is 2.37 bits per heavy atom. The van der Waals surface area contributed by atoms with Gasteiger partial charge in [-0.2, -0.15) is 5.10 Å². The molecule has 0 saturated carbocycles. The fourth-order valence-electron chi connectivity index (χ4n) is 2.93. The summed E-state index contributed by atoms with van der Waals surface area (Å²) in [7, 11) is 1.64. The van der Waals surface area contributed by atoms with E-state index in [1.54, 1.807) is 18.1 Å². The summed E-state index contributed by atoms with van der Waals surface area (Å²) in [6.45, 7) is 4.81. The van der Waals surface area contributed by atoms with E-state index in [1.807, 2.05) is 48.5 Å². The first kappa shape index (κ1) is 18.6. The topological polar surface area (TPSA) is 69.0 Å². The molecule has 3 aromatic rings. The number of ether oxygens (including phenoxy) is 1. The number of hydrogen-bond acceptors (Lipinski definition) is 4. The summed E-state index contributed by atoms with van der Waals surface area (Å²) in [5.74, 6) is 0.973. The van der Waals surface area contributed by atoms with Gasteiger partial charge in [-0.3, -0.25) is 4.79 Å². The molecule has 1 aromatic heterocycles. The first-order valence-corrected chi connectivity index (χ1v) is 8.93. The second kappa shape index (κ2) is 8.49. The Balaban J connectivity index is 1.69. The van der Waals surface area contributed by atoms with Gasteiger partial charge < -0.3 is 10.1 Å². The van der Waals surface area contributed by atoms with Gasteiger partial charge in [0.2, 0.25) is 0 Å². The number of carbonyl (C=O) groups excluding carboxylic acids is 1. The molecule has 27 heavy (non-hydrogen) atoms. The van der Waals surface area contributed by atoms with Crippen LogP contribution in [0.4, 0.5) is 0 Å². The predicted octanol–water partition coefficient (Wildman–Crippen LogP) is 3.46. The molecule has 0 fully saturated rings. The van der Waals surface area contributed by atoms with Crippen LogP contribution in [-0.2, 0) is 6.54 Å². The summed E-state index contributed by atoms with van der Waals surface area (Å²) in [6.07, 6.45) is 3.18. The van der Waals surface area contributed by atoms with Gasteiger partial charge in [0.25, 0.3) is 5.91 Å². The zero-order chi connectivity index (χ0) is 19.2. The van der Waals surface area contributed by atoms with E-state index in [-0.39, 0.29) is 17.9 Å². The van der Waals surface area contributed by atoms with Crippen LogP contribution in [0.15, 0.2) is 61.2 Å². The Kier molecular flexibility index (Phi) is 5.86. The molecule has 0 aliphatic heterocycles. The van der Waals surface area contributed by atoms with Gasteiger partial charge in [0.05, 0.1) is 19.7 Å². The maximum atomic E-state index is 12.7. The lowest BCUT2D eigenvalue weighted by atomic mass is 9.95. The first-order valence-electron chi connectivity index (χ1n) is 8.93. The number of carbonyl (C=O) groups is 1. The number of nitrogens with one attached hydrogen (secondary N) is 1. The molecule has 1 unspecified atom stereocenters. The van der Waals surface area contributed by atoms with Crippen molar-refractivity contribution in [2.45, 2.75) is 26.4 Å². The summed E-state index contributed by atoms with van der Waals surface area (Å²) in [4.78, 5) is 16.7. The SMILES string of the molecule is COc1ccc(C(NC(=O)c2ccc(Cn3cncn3)cc2)C(C)C)cc1. The van der Waals surface area contributed by atoms with E-state index in [0.717, 1.165) is 16.9 Å². The highest BCUT2D eigenvalue weighted by molar-refractivity contribution is 5.94. The van der Waals surface area contributed by atoms with Crippen LogP contribution in [0.1, 0.15) is 41.4 Å². The van der Waals surface area contributed by atoms with Crippen molar-refractivity contribution in [3.05, 3.63) is 77.9 Å². The Hall–Kier alpha value is -3.15. The van der Waals surface area contributed by atoms with Gasteiger partial charge >= 0.3 is 0 Å². The monoisotopic (exact) mass is 364 g/mol. The second-order valence-corrected chi connectivity index (χ2v) is 6.76. The molecule has 0 aliphatic rings. The van der Waals surface area contributed by atoms with E-state index in [4.69, 9.17) is 4.74 Å². The van der Waals surface area contributed by atoms with E-state index >= 15 is 0 Å². The molecule has 1 atom stereocenters. The smallest absolute Gasteiger partial charge is 0.251 e. The van der Waals surface area contributed by atoms with Crippen LogP contribution < -0.4 is 10.1 Å². The quantitative estimate of drug-likeness (QED) is 0.697. The minimum absolute atomic E-state index is 0.0711. The van der Waals surface area contributed by atoms with E-state index in [1.165, 1.54) is 6.33 Å².